The zero-order chi connectivity index (χ0) is 17.4. The number of ether oxygens (including phenoxy) is 1. The van der Waals surface area contributed by atoms with Crippen molar-refractivity contribution in [3.63, 3.8) is 0 Å². The number of rotatable bonds is 8. The van der Waals surface area contributed by atoms with E-state index in [0.717, 1.165) is 30.2 Å². The van der Waals surface area contributed by atoms with Gasteiger partial charge >= 0.3 is 0 Å². The van der Waals surface area contributed by atoms with Gasteiger partial charge in [0, 0.05) is 30.1 Å². The summed E-state index contributed by atoms with van der Waals surface area (Å²) in [6.45, 7) is 1.25. The molecule has 1 aliphatic carbocycles. The fraction of sp³-hybridized carbons (Fsp3) is 0.632. The summed E-state index contributed by atoms with van der Waals surface area (Å²) >= 11 is 3.50. The molecule has 0 bridgehead atoms. The van der Waals surface area contributed by atoms with Crippen LogP contribution in [0.1, 0.15) is 37.7 Å². The van der Waals surface area contributed by atoms with Crippen molar-refractivity contribution in [1.29, 1.82) is 0 Å². The number of methoxy groups -OCH3 is 1. The van der Waals surface area contributed by atoms with Crippen LogP contribution in [0.15, 0.2) is 28.7 Å². The van der Waals surface area contributed by atoms with E-state index in [1.165, 1.54) is 18.4 Å². The van der Waals surface area contributed by atoms with E-state index in [2.05, 4.69) is 33.4 Å². The maximum Gasteiger partial charge on any atom is 0.223 e. The van der Waals surface area contributed by atoms with Gasteiger partial charge in [-0.2, -0.15) is 0 Å². The number of carbonyl (C=O) groups is 1. The first-order valence-electron chi connectivity index (χ1n) is 8.88. The first kappa shape index (κ1) is 22.4. The molecule has 4 nitrogen and oxygen atoms in total. The molecule has 0 heterocycles. The normalized spacial score (nSPS) is 21.2. The number of hydrogen-bond acceptors (Lipinski definition) is 3. The molecule has 0 saturated heterocycles. The van der Waals surface area contributed by atoms with E-state index in [0.29, 0.717) is 19.1 Å². The Morgan fingerprint density at radius 1 is 1.40 bits per heavy atom. The van der Waals surface area contributed by atoms with Gasteiger partial charge in [0.2, 0.25) is 5.91 Å². The molecule has 2 rings (SSSR count). The Hall–Kier alpha value is -0.620. The zero-order valence-electron chi connectivity index (χ0n) is 14.9. The lowest BCUT2D eigenvalue weighted by Gasteiger charge is -2.32. The van der Waals surface area contributed by atoms with Gasteiger partial charge in [0.05, 0.1) is 0 Å². The Morgan fingerprint density at radius 3 is 2.84 bits per heavy atom. The summed E-state index contributed by atoms with van der Waals surface area (Å²) in [5, 5.41) is 3.28. The summed E-state index contributed by atoms with van der Waals surface area (Å²) in [6, 6.07) is 8.39. The molecule has 3 N–H and O–H groups in total. The average Bonchev–Trinajstić information content (AvgIpc) is 2.59. The molecule has 1 aliphatic rings. The van der Waals surface area contributed by atoms with Gasteiger partial charge in [-0.1, -0.05) is 40.9 Å². The predicted octanol–water partition coefficient (Wildman–Crippen LogP) is 3.70. The molecule has 3 atom stereocenters. The SMILES string of the molecule is COCCC(Cc1cccc(Br)c1)C(=O)NC1CCCCC1CN.Cl. The van der Waals surface area contributed by atoms with Crippen molar-refractivity contribution in [3.8, 4) is 0 Å². The predicted molar refractivity (Wildman–Crippen MR) is 108 cm³/mol. The fourth-order valence-corrected chi connectivity index (χ4v) is 3.96. The Morgan fingerprint density at radius 2 is 2.16 bits per heavy atom. The van der Waals surface area contributed by atoms with Crippen LogP contribution in [0, 0.1) is 11.8 Å². The third-order valence-electron chi connectivity index (χ3n) is 4.95. The maximum absolute atomic E-state index is 12.8. The van der Waals surface area contributed by atoms with Crippen LogP contribution >= 0.6 is 28.3 Å². The summed E-state index contributed by atoms with van der Waals surface area (Å²) in [7, 11) is 1.68. The maximum atomic E-state index is 12.8. The highest BCUT2D eigenvalue weighted by Gasteiger charge is 2.28. The van der Waals surface area contributed by atoms with Crippen LogP contribution in [0.4, 0.5) is 0 Å². The number of carbonyl (C=O) groups excluding carboxylic acids is 1. The Labute approximate surface area is 165 Å². The average molecular weight is 434 g/mol. The smallest absolute Gasteiger partial charge is 0.223 e. The van der Waals surface area contributed by atoms with Crippen LogP contribution in [0.2, 0.25) is 0 Å². The molecule has 3 unspecified atom stereocenters. The second-order valence-corrected chi connectivity index (χ2v) is 7.62. The van der Waals surface area contributed by atoms with Crippen LogP contribution in [0.5, 0.6) is 0 Å². The minimum Gasteiger partial charge on any atom is -0.385 e. The van der Waals surface area contributed by atoms with E-state index in [-0.39, 0.29) is 30.3 Å². The molecule has 0 aliphatic heterocycles. The van der Waals surface area contributed by atoms with Crippen LogP contribution in [0.3, 0.4) is 0 Å². The molecule has 6 heteroatoms. The Balaban J connectivity index is 0.00000312. The Kier molecular flexibility index (Phi) is 10.7. The molecular formula is C19H30BrClN2O2. The van der Waals surface area contributed by atoms with E-state index in [9.17, 15) is 4.79 Å². The number of hydrogen-bond donors (Lipinski definition) is 2. The van der Waals surface area contributed by atoms with Gasteiger partial charge in [0.25, 0.3) is 0 Å². The third-order valence-corrected chi connectivity index (χ3v) is 5.45. The molecule has 1 aromatic rings. The van der Waals surface area contributed by atoms with E-state index in [4.69, 9.17) is 10.5 Å². The standard InChI is InChI=1S/C19H29BrN2O2.ClH/c1-24-10-9-15(11-14-5-4-7-17(20)12-14)19(23)22-18-8-3-2-6-16(18)13-21;/h4-5,7,12,15-16,18H,2-3,6,8-11,13,21H2,1H3,(H,22,23);1H. The molecular weight excluding hydrogens is 404 g/mol. The third kappa shape index (κ3) is 7.26. The highest BCUT2D eigenvalue weighted by molar-refractivity contribution is 9.10. The van der Waals surface area contributed by atoms with E-state index in [1.54, 1.807) is 7.11 Å². The quantitative estimate of drug-likeness (QED) is 0.657. The fourth-order valence-electron chi connectivity index (χ4n) is 3.51. The van der Waals surface area contributed by atoms with Gasteiger partial charge in [-0.15, -0.1) is 12.4 Å². The summed E-state index contributed by atoms with van der Waals surface area (Å²) in [6.07, 6.45) is 6.02. The highest BCUT2D eigenvalue weighted by atomic mass is 79.9. The van der Waals surface area contributed by atoms with Gasteiger partial charge in [-0.3, -0.25) is 4.79 Å². The summed E-state index contributed by atoms with van der Waals surface area (Å²) in [5.74, 6) is 0.480. The first-order chi connectivity index (χ1) is 11.6. The largest absolute Gasteiger partial charge is 0.385 e. The van der Waals surface area contributed by atoms with Gasteiger partial charge in [0.15, 0.2) is 0 Å². The van der Waals surface area contributed by atoms with Crippen molar-refractivity contribution in [2.24, 2.45) is 17.6 Å². The molecule has 142 valence electrons. The number of nitrogens with one attached hydrogen (secondary N) is 1. The van der Waals surface area contributed by atoms with Crippen molar-refractivity contribution in [3.05, 3.63) is 34.3 Å². The zero-order valence-corrected chi connectivity index (χ0v) is 17.3. The van der Waals surface area contributed by atoms with E-state index in [1.807, 2.05) is 12.1 Å². The van der Waals surface area contributed by atoms with Crippen LogP contribution in [0.25, 0.3) is 0 Å². The van der Waals surface area contributed by atoms with Gasteiger partial charge < -0.3 is 15.8 Å². The second-order valence-electron chi connectivity index (χ2n) is 6.71. The molecule has 0 spiro atoms. The van der Waals surface area contributed by atoms with Crippen LogP contribution in [-0.4, -0.2) is 32.2 Å². The number of amides is 1. The van der Waals surface area contributed by atoms with Gasteiger partial charge in [-0.25, -0.2) is 0 Å². The minimum absolute atomic E-state index is 0. The van der Waals surface area contributed by atoms with Gasteiger partial charge in [-0.05, 0) is 55.8 Å². The minimum atomic E-state index is -0.0698. The van der Waals surface area contributed by atoms with Crippen molar-refractivity contribution in [2.75, 3.05) is 20.3 Å². The van der Waals surface area contributed by atoms with Crippen molar-refractivity contribution in [1.82, 2.24) is 5.32 Å². The molecule has 1 amide bonds. The Bertz CT molecular complexity index is 530. The molecule has 1 fully saturated rings. The molecule has 1 aromatic carbocycles. The molecule has 0 radical (unpaired) electrons. The van der Waals surface area contributed by atoms with E-state index < -0.39 is 0 Å². The summed E-state index contributed by atoms with van der Waals surface area (Å²) in [4.78, 5) is 12.8. The first-order valence-corrected chi connectivity index (χ1v) is 9.67. The summed E-state index contributed by atoms with van der Waals surface area (Å²) < 4.78 is 6.25. The monoisotopic (exact) mass is 432 g/mol. The van der Waals surface area contributed by atoms with Crippen molar-refractivity contribution < 1.29 is 9.53 Å². The van der Waals surface area contributed by atoms with E-state index >= 15 is 0 Å². The lowest BCUT2D eigenvalue weighted by molar-refractivity contribution is -0.126. The molecule has 25 heavy (non-hydrogen) atoms. The van der Waals surface area contributed by atoms with Crippen molar-refractivity contribution >= 4 is 34.2 Å². The number of nitrogens with two attached hydrogens (primary N) is 1. The van der Waals surface area contributed by atoms with Gasteiger partial charge in [0.1, 0.15) is 0 Å². The highest BCUT2D eigenvalue weighted by Crippen LogP contribution is 2.24. The van der Waals surface area contributed by atoms with Crippen molar-refractivity contribution in [2.45, 2.75) is 44.6 Å². The molecule has 1 saturated carbocycles. The number of halogens is 2. The lowest BCUT2D eigenvalue weighted by Crippen LogP contribution is -2.47. The summed E-state index contributed by atoms with van der Waals surface area (Å²) in [5.41, 5.74) is 7.06. The second kappa shape index (κ2) is 11.9. The number of benzene rings is 1. The van der Waals surface area contributed by atoms with Crippen LogP contribution < -0.4 is 11.1 Å². The topological polar surface area (TPSA) is 64.3 Å². The van der Waals surface area contributed by atoms with Crippen LogP contribution in [-0.2, 0) is 16.0 Å². The molecule has 0 aromatic heterocycles. The lowest BCUT2D eigenvalue weighted by atomic mass is 9.84.